The molecule has 1 heterocycles. The van der Waals surface area contributed by atoms with Crippen molar-refractivity contribution in [2.75, 3.05) is 13.0 Å². The van der Waals surface area contributed by atoms with Crippen molar-refractivity contribution in [3.05, 3.63) is 28.8 Å². The van der Waals surface area contributed by atoms with Gasteiger partial charge >= 0.3 is 0 Å². The molecule has 0 N–H and O–H groups in total. The smallest absolute Gasteiger partial charge is 0.222 e. The van der Waals surface area contributed by atoms with Crippen molar-refractivity contribution in [2.24, 2.45) is 4.99 Å². The highest BCUT2D eigenvalue weighted by molar-refractivity contribution is 7.86. The van der Waals surface area contributed by atoms with Gasteiger partial charge in [-0.3, -0.25) is 9.20 Å². The molecule has 2 aromatic rings. The van der Waals surface area contributed by atoms with Crippen molar-refractivity contribution in [3.63, 3.8) is 0 Å². The summed E-state index contributed by atoms with van der Waals surface area (Å²) in [4.78, 5) is 9.08. The third kappa shape index (κ3) is 5.42. The highest BCUT2D eigenvalue weighted by atomic mass is 35.5. The molecule has 5 nitrogen and oxygen atoms in total. The van der Waals surface area contributed by atoms with E-state index in [1.165, 1.54) is 0 Å². The second-order valence-electron chi connectivity index (χ2n) is 7.52. The van der Waals surface area contributed by atoms with E-state index in [0.29, 0.717) is 16.7 Å². The van der Waals surface area contributed by atoms with Gasteiger partial charge in [-0.1, -0.05) is 11.6 Å². The summed E-state index contributed by atoms with van der Waals surface area (Å²) < 4.78 is 23.1. The van der Waals surface area contributed by atoms with Crippen LogP contribution in [0.3, 0.4) is 0 Å². The Morgan fingerprint density at radius 3 is 2.52 bits per heavy atom. The summed E-state index contributed by atoms with van der Waals surface area (Å²) in [5.74, 6) is 1.29. The number of methoxy groups -OCH3 is 1. The highest BCUT2D eigenvalue weighted by Crippen LogP contribution is 2.32. The van der Waals surface area contributed by atoms with Crippen LogP contribution in [0.1, 0.15) is 47.1 Å². The summed E-state index contributed by atoms with van der Waals surface area (Å²) in [5, 5.41) is 1.39. The highest BCUT2D eigenvalue weighted by Gasteiger charge is 2.19. The fourth-order valence-corrected chi connectivity index (χ4v) is 3.27. The van der Waals surface area contributed by atoms with Crippen molar-refractivity contribution in [1.29, 1.82) is 0 Å². The zero-order valence-corrected chi connectivity index (χ0v) is 18.5. The van der Waals surface area contributed by atoms with E-state index in [9.17, 15) is 4.21 Å². The minimum Gasteiger partial charge on any atom is -0.489 e. The molecular weight excluding hydrogens is 384 g/mol. The third-order valence-electron chi connectivity index (χ3n) is 3.88. The van der Waals surface area contributed by atoms with Crippen LogP contribution in [0.15, 0.2) is 23.2 Å². The van der Waals surface area contributed by atoms with E-state index in [2.05, 4.69) is 9.98 Å². The molecule has 0 amide bonds. The normalized spacial score (nSPS) is 13.9. The largest absolute Gasteiger partial charge is 0.489 e. The van der Waals surface area contributed by atoms with Crippen molar-refractivity contribution in [1.82, 2.24) is 4.98 Å². The molecule has 0 saturated carbocycles. The molecule has 0 aliphatic carbocycles. The van der Waals surface area contributed by atoms with Crippen LogP contribution in [0, 0.1) is 0 Å². The minimum atomic E-state index is -1.07. The number of pyridine rings is 1. The maximum absolute atomic E-state index is 12.3. The summed E-state index contributed by atoms with van der Waals surface area (Å²) >= 11 is 6.35. The van der Waals surface area contributed by atoms with Crippen molar-refractivity contribution >= 4 is 39.0 Å². The van der Waals surface area contributed by atoms with Crippen LogP contribution in [0.4, 0.5) is 0 Å². The van der Waals surface area contributed by atoms with E-state index < -0.39 is 10.8 Å². The molecule has 0 aliphatic heterocycles. The van der Waals surface area contributed by atoms with Gasteiger partial charge in [-0.25, -0.2) is 4.98 Å². The van der Waals surface area contributed by atoms with Crippen LogP contribution in [-0.2, 0) is 10.8 Å². The molecule has 0 aliphatic rings. The molecule has 27 heavy (non-hydrogen) atoms. The number of fused-ring (bicyclic) bond motifs is 1. The molecule has 1 aromatic carbocycles. The molecule has 7 heteroatoms. The number of benzene rings is 1. The Morgan fingerprint density at radius 1 is 1.30 bits per heavy atom. The molecular formula is C20H27ClN2O3S. The summed E-state index contributed by atoms with van der Waals surface area (Å²) in [6.07, 6.45) is 0.0131. The predicted octanol–water partition coefficient (Wildman–Crippen LogP) is 5.00. The van der Waals surface area contributed by atoms with Crippen LogP contribution in [-0.4, -0.2) is 38.7 Å². The van der Waals surface area contributed by atoms with Gasteiger partial charge in [0.1, 0.15) is 11.6 Å². The number of ether oxygens (including phenoxy) is 2. The standard InChI is InChI=1S/C20H27ClN2O3S/c1-12(2)26-18-10-17-14(9-16(18)21)8-15(19(23-17)25-7)13(3)22-11-27(24)20(4,5)6/h8-10,12H,11H2,1-7H3. The van der Waals surface area contributed by atoms with Gasteiger partial charge < -0.3 is 9.47 Å². The molecule has 0 fully saturated rings. The maximum atomic E-state index is 12.3. The second-order valence-corrected chi connectivity index (χ2v) is 10.1. The molecule has 0 spiro atoms. The van der Waals surface area contributed by atoms with E-state index in [1.807, 2.05) is 59.7 Å². The first kappa shape index (κ1) is 21.6. The predicted molar refractivity (Wildman–Crippen MR) is 114 cm³/mol. The van der Waals surface area contributed by atoms with Crippen molar-refractivity contribution < 1.29 is 13.7 Å². The van der Waals surface area contributed by atoms with Crippen molar-refractivity contribution in [3.8, 4) is 11.6 Å². The van der Waals surface area contributed by atoms with Crippen LogP contribution in [0.2, 0.25) is 5.02 Å². The van der Waals surface area contributed by atoms with E-state index in [-0.39, 0.29) is 16.7 Å². The average Bonchev–Trinajstić information content (AvgIpc) is 2.57. The van der Waals surface area contributed by atoms with E-state index in [0.717, 1.165) is 22.2 Å². The summed E-state index contributed by atoms with van der Waals surface area (Å²) in [6.45, 7) is 11.6. The Hall–Kier alpha value is -1.66. The number of rotatable bonds is 6. The summed E-state index contributed by atoms with van der Waals surface area (Å²) in [7, 11) is 0.503. The monoisotopic (exact) mass is 410 g/mol. The SMILES string of the molecule is COc1nc2cc(OC(C)C)c(Cl)cc2cc1C(C)=NCS(=O)C(C)(C)C. The lowest BCUT2D eigenvalue weighted by Crippen LogP contribution is -2.23. The Bertz CT molecular complexity index is 889. The van der Waals surface area contributed by atoms with Gasteiger partial charge in [0, 0.05) is 32.7 Å². The molecule has 148 valence electrons. The lowest BCUT2D eigenvalue weighted by atomic mass is 10.1. The Kier molecular flexibility index (Phi) is 6.87. The quantitative estimate of drug-likeness (QED) is 0.629. The van der Waals surface area contributed by atoms with Gasteiger partial charge in [0.05, 0.1) is 29.3 Å². The fraction of sp³-hybridized carbons (Fsp3) is 0.500. The summed E-state index contributed by atoms with van der Waals surface area (Å²) in [5.41, 5.74) is 2.20. The van der Waals surface area contributed by atoms with E-state index in [4.69, 9.17) is 21.1 Å². The van der Waals surface area contributed by atoms with E-state index in [1.54, 1.807) is 7.11 Å². The van der Waals surface area contributed by atoms with Crippen LogP contribution in [0.5, 0.6) is 11.6 Å². The van der Waals surface area contributed by atoms with Crippen LogP contribution < -0.4 is 9.47 Å². The van der Waals surface area contributed by atoms with E-state index >= 15 is 0 Å². The minimum absolute atomic E-state index is 0.0131. The molecule has 0 saturated heterocycles. The average molecular weight is 411 g/mol. The number of hydrogen-bond donors (Lipinski definition) is 0. The fourth-order valence-electron chi connectivity index (χ4n) is 2.35. The molecule has 1 atom stereocenters. The molecule has 1 aromatic heterocycles. The van der Waals surface area contributed by atoms with Gasteiger partial charge in [-0.05, 0) is 53.7 Å². The lowest BCUT2D eigenvalue weighted by Gasteiger charge is -2.16. The number of aliphatic imine (C=N–C) groups is 1. The molecule has 0 radical (unpaired) electrons. The zero-order chi connectivity index (χ0) is 20.4. The third-order valence-corrected chi connectivity index (χ3v) is 5.91. The Balaban J connectivity index is 2.46. The van der Waals surface area contributed by atoms with Gasteiger partial charge in [0.2, 0.25) is 5.88 Å². The maximum Gasteiger partial charge on any atom is 0.222 e. The molecule has 1 unspecified atom stereocenters. The summed E-state index contributed by atoms with van der Waals surface area (Å²) in [6, 6.07) is 5.57. The van der Waals surface area contributed by atoms with Crippen molar-refractivity contribution in [2.45, 2.75) is 52.4 Å². The number of nitrogens with zero attached hydrogens (tertiary/aromatic N) is 2. The second kappa shape index (κ2) is 8.57. The first-order valence-corrected chi connectivity index (χ1v) is 10.5. The first-order valence-electron chi connectivity index (χ1n) is 8.77. The first-order chi connectivity index (χ1) is 12.5. The van der Waals surface area contributed by atoms with Gasteiger partial charge in [0.15, 0.2) is 0 Å². The number of aromatic nitrogens is 1. The Labute approximate surface area is 168 Å². The zero-order valence-electron chi connectivity index (χ0n) is 16.9. The lowest BCUT2D eigenvalue weighted by molar-refractivity contribution is 0.243. The molecule has 0 bridgehead atoms. The van der Waals surface area contributed by atoms with Gasteiger partial charge in [-0.15, -0.1) is 0 Å². The topological polar surface area (TPSA) is 60.8 Å². The number of halogens is 1. The van der Waals surface area contributed by atoms with Gasteiger partial charge in [-0.2, -0.15) is 0 Å². The van der Waals surface area contributed by atoms with Crippen LogP contribution in [0.25, 0.3) is 10.9 Å². The molecule has 2 rings (SSSR count). The number of hydrogen-bond acceptors (Lipinski definition) is 5. The van der Waals surface area contributed by atoms with Crippen LogP contribution >= 0.6 is 11.6 Å². The van der Waals surface area contributed by atoms with Gasteiger partial charge in [0.25, 0.3) is 0 Å². The Morgan fingerprint density at radius 2 is 1.96 bits per heavy atom.